The summed E-state index contributed by atoms with van der Waals surface area (Å²) in [4.78, 5) is 15.7. The van der Waals surface area contributed by atoms with E-state index in [0.717, 1.165) is 23.0 Å². The van der Waals surface area contributed by atoms with Gasteiger partial charge in [-0.15, -0.1) is 0 Å². The van der Waals surface area contributed by atoms with E-state index in [0.29, 0.717) is 0 Å². The molecule has 0 saturated heterocycles. The molecule has 2 aromatic rings. The molecule has 3 rings (SSSR count). The number of hydrogen-bond donors (Lipinski definition) is 2. The van der Waals surface area contributed by atoms with Crippen molar-refractivity contribution in [3.8, 4) is 0 Å². The number of H-pyrrole nitrogens is 1. The van der Waals surface area contributed by atoms with Gasteiger partial charge in [-0.2, -0.15) is 11.8 Å². The van der Waals surface area contributed by atoms with E-state index in [4.69, 9.17) is 0 Å². The number of fused-ring (bicyclic) bond motifs is 1. The van der Waals surface area contributed by atoms with Crippen molar-refractivity contribution in [2.75, 3.05) is 12.8 Å². The fourth-order valence-electron chi connectivity index (χ4n) is 2.97. The summed E-state index contributed by atoms with van der Waals surface area (Å²) in [5.74, 6) is 0.0375. The first-order valence-corrected chi connectivity index (χ1v) is 8.69. The van der Waals surface area contributed by atoms with Crippen LogP contribution in [0.25, 0.3) is 10.9 Å². The Morgan fingerprint density at radius 3 is 2.76 bits per heavy atom. The monoisotopic (exact) mass is 302 g/mol. The number of aromatic nitrogens is 1. The number of carbonyl (C=O) groups excluding carboxylic acids is 1. The van der Waals surface area contributed by atoms with E-state index < -0.39 is 0 Å². The van der Waals surface area contributed by atoms with Crippen LogP contribution in [0.3, 0.4) is 0 Å². The van der Waals surface area contributed by atoms with Crippen LogP contribution in [0, 0.1) is 13.8 Å². The zero-order valence-electron chi connectivity index (χ0n) is 12.9. The molecule has 0 unspecified atom stereocenters. The summed E-state index contributed by atoms with van der Waals surface area (Å²) in [7, 11) is 0. The number of hydrogen-bond acceptors (Lipinski definition) is 2. The Hall–Kier alpha value is -1.42. The molecule has 1 aromatic heterocycles. The second-order valence-electron chi connectivity index (χ2n) is 6.06. The number of nitrogens with one attached hydrogen (secondary N) is 2. The SMILES string of the molecule is CSC1(CNC(=O)c2ccc3[nH]c(C)c(C)c3c2)CCC1. The van der Waals surface area contributed by atoms with Gasteiger partial charge in [0.25, 0.3) is 5.91 Å². The van der Waals surface area contributed by atoms with Gasteiger partial charge in [0.1, 0.15) is 0 Å². The maximum absolute atomic E-state index is 12.4. The Morgan fingerprint density at radius 1 is 1.38 bits per heavy atom. The normalized spacial score (nSPS) is 16.7. The quantitative estimate of drug-likeness (QED) is 0.902. The van der Waals surface area contributed by atoms with Crippen molar-refractivity contribution in [1.29, 1.82) is 0 Å². The number of amides is 1. The number of aromatic amines is 1. The van der Waals surface area contributed by atoms with Crippen LogP contribution in [0.2, 0.25) is 0 Å². The van der Waals surface area contributed by atoms with Crippen LogP contribution in [-0.4, -0.2) is 28.4 Å². The molecule has 1 aromatic carbocycles. The highest BCUT2D eigenvalue weighted by Crippen LogP contribution is 2.42. The highest BCUT2D eigenvalue weighted by molar-refractivity contribution is 8.00. The fraction of sp³-hybridized carbons (Fsp3) is 0.471. The van der Waals surface area contributed by atoms with E-state index in [2.05, 4.69) is 30.4 Å². The van der Waals surface area contributed by atoms with Crippen LogP contribution in [-0.2, 0) is 0 Å². The van der Waals surface area contributed by atoms with Crippen molar-refractivity contribution in [2.24, 2.45) is 0 Å². The first kappa shape index (κ1) is 14.5. The van der Waals surface area contributed by atoms with Gasteiger partial charge in [-0.05, 0) is 56.7 Å². The van der Waals surface area contributed by atoms with Crippen molar-refractivity contribution >= 4 is 28.6 Å². The standard InChI is InChI=1S/C17H22N2OS/c1-11-12(2)19-15-6-5-13(9-14(11)15)16(20)18-10-17(21-3)7-4-8-17/h5-6,9,19H,4,7-8,10H2,1-3H3,(H,18,20). The number of carbonyl (C=O) groups is 1. The zero-order valence-corrected chi connectivity index (χ0v) is 13.7. The predicted octanol–water partition coefficient (Wildman–Crippen LogP) is 3.80. The number of thioether (sulfide) groups is 1. The minimum absolute atomic E-state index is 0.0375. The molecule has 2 N–H and O–H groups in total. The van der Waals surface area contributed by atoms with Gasteiger partial charge in [-0.3, -0.25) is 4.79 Å². The van der Waals surface area contributed by atoms with E-state index in [1.165, 1.54) is 30.5 Å². The Labute approximate surface area is 129 Å². The highest BCUT2D eigenvalue weighted by Gasteiger charge is 2.36. The van der Waals surface area contributed by atoms with Gasteiger partial charge in [-0.25, -0.2) is 0 Å². The summed E-state index contributed by atoms with van der Waals surface area (Å²) >= 11 is 1.88. The number of rotatable bonds is 4. The van der Waals surface area contributed by atoms with Crippen LogP contribution in [0.1, 0.15) is 40.9 Å². The van der Waals surface area contributed by atoms with Crippen molar-refractivity contribution in [2.45, 2.75) is 37.9 Å². The molecular weight excluding hydrogens is 280 g/mol. The summed E-state index contributed by atoms with van der Waals surface area (Å²) in [6.07, 6.45) is 5.85. The van der Waals surface area contributed by atoms with Crippen LogP contribution in [0.15, 0.2) is 18.2 Å². The molecule has 0 radical (unpaired) electrons. The van der Waals surface area contributed by atoms with E-state index in [1.807, 2.05) is 30.0 Å². The van der Waals surface area contributed by atoms with Gasteiger partial charge < -0.3 is 10.3 Å². The van der Waals surface area contributed by atoms with Crippen molar-refractivity contribution < 1.29 is 4.79 Å². The Kier molecular flexibility index (Phi) is 3.74. The third-order valence-electron chi connectivity index (χ3n) is 4.84. The van der Waals surface area contributed by atoms with E-state index in [-0.39, 0.29) is 10.7 Å². The van der Waals surface area contributed by atoms with E-state index in [9.17, 15) is 4.79 Å². The van der Waals surface area contributed by atoms with Gasteiger partial charge in [0.15, 0.2) is 0 Å². The molecule has 1 aliphatic rings. The average Bonchev–Trinajstić information content (AvgIpc) is 2.73. The molecule has 1 aliphatic carbocycles. The highest BCUT2D eigenvalue weighted by atomic mass is 32.2. The number of aryl methyl sites for hydroxylation is 2. The summed E-state index contributed by atoms with van der Waals surface area (Å²) < 4.78 is 0.278. The van der Waals surface area contributed by atoms with Gasteiger partial charge in [-0.1, -0.05) is 6.42 Å². The lowest BCUT2D eigenvalue weighted by atomic mass is 9.84. The van der Waals surface area contributed by atoms with Gasteiger partial charge in [0.05, 0.1) is 0 Å². The molecule has 21 heavy (non-hydrogen) atoms. The van der Waals surface area contributed by atoms with Crippen molar-refractivity contribution in [1.82, 2.24) is 10.3 Å². The molecule has 0 atom stereocenters. The van der Waals surface area contributed by atoms with E-state index >= 15 is 0 Å². The van der Waals surface area contributed by atoms with Crippen LogP contribution < -0.4 is 5.32 Å². The topological polar surface area (TPSA) is 44.9 Å². The molecule has 112 valence electrons. The second-order valence-corrected chi connectivity index (χ2v) is 7.33. The van der Waals surface area contributed by atoms with Gasteiger partial charge >= 0.3 is 0 Å². The summed E-state index contributed by atoms with van der Waals surface area (Å²) in [5, 5.41) is 4.26. The Balaban J connectivity index is 1.76. The lowest BCUT2D eigenvalue weighted by Gasteiger charge is -2.40. The van der Waals surface area contributed by atoms with Crippen LogP contribution in [0.5, 0.6) is 0 Å². The van der Waals surface area contributed by atoms with Gasteiger partial charge in [0, 0.05) is 33.5 Å². The van der Waals surface area contributed by atoms with Crippen LogP contribution >= 0.6 is 11.8 Å². The largest absolute Gasteiger partial charge is 0.358 e. The molecule has 0 aliphatic heterocycles. The molecular formula is C17H22N2OS. The molecule has 1 fully saturated rings. The summed E-state index contributed by atoms with van der Waals surface area (Å²) in [6.45, 7) is 4.93. The lowest BCUT2D eigenvalue weighted by molar-refractivity contribution is 0.0944. The van der Waals surface area contributed by atoms with Crippen molar-refractivity contribution in [3.05, 3.63) is 35.0 Å². The molecule has 1 amide bonds. The zero-order chi connectivity index (χ0) is 15.0. The second kappa shape index (κ2) is 5.41. The van der Waals surface area contributed by atoms with Crippen LogP contribution in [0.4, 0.5) is 0 Å². The molecule has 0 bridgehead atoms. The fourth-order valence-corrected chi connectivity index (χ4v) is 3.88. The van der Waals surface area contributed by atoms with Crippen molar-refractivity contribution in [3.63, 3.8) is 0 Å². The molecule has 1 saturated carbocycles. The minimum Gasteiger partial charge on any atom is -0.358 e. The molecule has 1 heterocycles. The Bertz CT molecular complexity index is 680. The maximum atomic E-state index is 12.4. The lowest BCUT2D eigenvalue weighted by Crippen LogP contribution is -2.45. The molecule has 0 spiro atoms. The maximum Gasteiger partial charge on any atom is 0.251 e. The predicted molar refractivity (Wildman–Crippen MR) is 90.2 cm³/mol. The smallest absolute Gasteiger partial charge is 0.251 e. The summed E-state index contributed by atoms with van der Waals surface area (Å²) in [5.41, 5.74) is 4.24. The third kappa shape index (κ3) is 2.57. The average molecular weight is 302 g/mol. The first-order valence-electron chi connectivity index (χ1n) is 7.47. The Morgan fingerprint density at radius 2 is 2.14 bits per heavy atom. The molecule has 3 nitrogen and oxygen atoms in total. The molecule has 4 heteroatoms. The third-order valence-corrected chi connectivity index (χ3v) is 6.26. The van der Waals surface area contributed by atoms with E-state index in [1.54, 1.807) is 0 Å². The number of benzene rings is 1. The first-order chi connectivity index (χ1) is 10.0. The summed E-state index contributed by atoms with van der Waals surface area (Å²) in [6, 6.07) is 5.90. The van der Waals surface area contributed by atoms with Gasteiger partial charge in [0.2, 0.25) is 0 Å². The minimum atomic E-state index is 0.0375.